The molecule has 0 atom stereocenters. The second-order valence-electron chi connectivity index (χ2n) is 6.82. The van der Waals surface area contributed by atoms with Crippen LogP contribution in [-0.2, 0) is 13.0 Å². The van der Waals surface area contributed by atoms with E-state index in [4.69, 9.17) is 9.15 Å². The first-order valence-corrected chi connectivity index (χ1v) is 12.2. The number of aromatic nitrogens is 1. The molecule has 0 unspecified atom stereocenters. The SMILES string of the molecule is CCOc1cccc2cc(C(=O)N=c3sc4cc(CC)ccc4n3CCSC)oc12. The first-order chi connectivity index (χ1) is 14.6. The van der Waals surface area contributed by atoms with E-state index in [1.165, 1.54) is 5.56 Å². The average Bonchev–Trinajstić information content (AvgIpc) is 3.34. The summed E-state index contributed by atoms with van der Waals surface area (Å²) in [6.07, 6.45) is 3.06. The van der Waals surface area contributed by atoms with Gasteiger partial charge in [0.05, 0.1) is 16.8 Å². The molecule has 1 amide bonds. The fourth-order valence-electron chi connectivity index (χ4n) is 3.37. The molecule has 2 heterocycles. The van der Waals surface area contributed by atoms with E-state index in [1.807, 2.05) is 25.1 Å². The number of thiazole rings is 1. The fourth-order valence-corrected chi connectivity index (χ4v) is 4.86. The lowest BCUT2D eigenvalue weighted by atomic mass is 10.2. The van der Waals surface area contributed by atoms with Crippen LogP contribution in [0, 0.1) is 0 Å². The van der Waals surface area contributed by atoms with Crippen molar-refractivity contribution in [1.82, 2.24) is 4.57 Å². The molecule has 4 rings (SSSR count). The lowest BCUT2D eigenvalue weighted by molar-refractivity contribution is 0.0973. The molecule has 0 aliphatic rings. The van der Waals surface area contributed by atoms with Crippen LogP contribution >= 0.6 is 23.1 Å². The molecule has 4 aromatic rings. The monoisotopic (exact) mass is 440 g/mol. The van der Waals surface area contributed by atoms with Crippen molar-refractivity contribution in [3.63, 3.8) is 0 Å². The van der Waals surface area contributed by atoms with Crippen LogP contribution in [0.3, 0.4) is 0 Å². The zero-order chi connectivity index (χ0) is 21.1. The molecule has 2 aromatic carbocycles. The highest BCUT2D eigenvalue weighted by Gasteiger charge is 2.16. The molecule has 0 fully saturated rings. The van der Waals surface area contributed by atoms with Gasteiger partial charge in [0.1, 0.15) is 0 Å². The van der Waals surface area contributed by atoms with Crippen molar-refractivity contribution in [2.24, 2.45) is 4.99 Å². The normalized spacial score (nSPS) is 12.2. The van der Waals surface area contributed by atoms with Gasteiger partial charge >= 0.3 is 5.91 Å². The molecule has 0 aliphatic heterocycles. The van der Waals surface area contributed by atoms with Crippen LogP contribution in [0.1, 0.15) is 30.0 Å². The molecular weight excluding hydrogens is 416 g/mol. The quantitative estimate of drug-likeness (QED) is 0.380. The second kappa shape index (κ2) is 9.10. The van der Waals surface area contributed by atoms with Gasteiger partial charge in [-0.1, -0.05) is 36.5 Å². The summed E-state index contributed by atoms with van der Waals surface area (Å²) < 4.78 is 14.7. The molecule has 7 heteroatoms. The van der Waals surface area contributed by atoms with E-state index in [1.54, 1.807) is 29.2 Å². The lowest BCUT2D eigenvalue weighted by Crippen LogP contribution is -2.18. The van der Waals surface area contributed by atoms with Crippen LogP contribution in [0.25, 0.3) is 21.2 Å². The molecule has 156 valence electrons. The summed E-state index contributed by atoms with van der Waals surface area (Å²) in [5.74, 6) is 1.43. The summed E-state index contributed by atoms with van der Waals surface area (Å²) in [6.45, 7) is 5.39. The molecule has 0 saturated carbocycles. The number of fused-ring (bicyclic) bond motifs is 2. The highest BCUT2D eigenvalue weighted by Crippen LogP contribution is 2.29. The Morgan fingerprint density at radius 1 is 1.23 bits per heavy atom. The van der Waals surface area contributed by atoms with Crippen LogP contribution in [-0.4, -0.2) is 29.1 Å². The molecule has 30 heavy (non-hydrogen) atoms. The van der Waals surface area contributed by atoms with E-state index in [9.17, 15) is 4.79 Å². The summed E-state index contributed by atoms with van der Waals surface area (Å²) in [5, 5.41) is 0.832. The number of hydrogen-bond acceptors (Lipinski definition) is 5. The number of ether oxygens (including phenoxy) is 1. The highest BCUT2D eigenvalue weighted by molar-refractivity contribution is 7.98. The minimum Gasteiger partial charge on any atom is -0.490 e. The first-order valence-electron chi connectivity index (χ1n) is 10.00. The van der Waals surface area contributed by atoms with Crippen molar-refractivity contribution in [1.29, 1.82) is 0 Å². The van der Waals surface area contributed by atoms with Crippen molar-refractivity contribution in [2.75, 3.05) is 18.6 Å². The van der Waals surface area contributed by atoms with Crippen molar-refractivity contribution in [3.8, 4) is 5.75 Å². The molecule has 0 N–H and O–H groups in total. The predicted octanol–water partition coefficient (Wildman–Crippen LogP) is 5.51. The summed E-state index contributed by atoms with van der Waals surface area (Å²) in [4.78, 5) is 18.1. The Morgan fingerprint density at radius 2 is 2.10 bits per heavy atom. The average molecular weight is 441 g/mol. The van der Waals surface area contributed by atoms with E-state index in [0.29, 0.717) is 22.7 Å². The maximum atomic E-state index is 13.0. The number of thioether (sulfide) groups is 1. The minimum atomic E-state index is -0.381. The van der Waals surface area contributed by atoms with E-state index >= 15 is 0 Å². The van der Waals surface area contributed by atoms with E-state index in [-0.39, 0.29) is 11.7 Å². The Hall–Kier alpha value is -2.51. The van der Waals surface area contributed by atoms with Gasteiger partial charge in [0.15, 0.2) is 21.9 Å². The van der Waals surface area contributed by atoms with Gasteiger partial charge in [-0.05, 0) is 49.4 Å². The third kappa shape index (κ3) is 4.04. The number of carbonyl (C=O) groups is 1. The molecular formula is C23H24N2O3S2. The van der Waals surface area contributed by atoms with Crippen molar-refractivity contribution >= 4 is 50.2 Å². The van der Waals surface area contributed by atoms with Gasteiger partial charge in [-0.3, -0.25) is 4.79 Å². The Balaban J connectivity index is 1.79. The Morgan fingerprint density at radius 3 is 2.87 bits per heavy atom. The van der Waals surface area contributed by atoms with Crippen LogP contribution in [0.4, 0.5) is 0 Å². The molecule has 0 radical (unpaired) electrons. The van der Waals surface area contributed by atoms with E-state index < -0.39 is 0 Å². The molecule has 0 saturated heterocycles. The fraction of sp³-hybridized carbons (Fsp3) is 0.304. The number of carbonyl (C=O) groups excluding carboxylic acids is 1. The summed E-state index contributed by atoms with van der Waals surface area (Å²) in [5.41, 5.74) is 2.97. The van der Waals surface area contributed by atoms with Crippen molar-refractivity contribution in [3.05, 3.63) is 58.6 Å². The minimum absolute atomic E-state index is 0.222. The molecule has 0 aliphatic carbocycles. The lowest BCUT2D eigenvalue weighted by Gasteiger charge is -2.04. The number of rotatable bonds is 7. The number of para-hydroxylation sites is 1. The van der Waals surface area contributed by atoms with Crippen LogP contribution in [0.2, 0.25) is 0 Å². The number of aryl methyl sites for hydroxylation is 2. The van der Waals surface area contributed by atoms with Gasteiger partial charge in [-0.25, -0.2) is 0 Å². The summed E-state index contributed by atoms with van der Waals surface area (Å²) >= 11 is 3.32. The zero-order valence-electron chi connectivity index (χ0n) is 17.3. The standard InChI is InChI=1S/C23H24N2O3S2/c1-4-15-9-10-17-20(13-15)30-23(25(17)11-12-29-3)24-22(26)19-14-16-7-6-8-18(27-5-2)21(16)28-19/h6-10,13-14H,4-5,11-12H2,1-3H3. The molecule has 5 nitrogen and oxygen atoms in total. The number of benzene rings is 2. The topological polar surface area (TPSA) is 56.7 Å². The van der Waals surface area contributed by atoms with Crippen molar-refractivity contribution < 1.29 is 13.9 Å². The van der Waals surface area contributed by atoms with Gasteiger partial charge < -0.3 is 13.7 Å². The second-order valence-corrected chi connectivity index (χ2v) is 8.81. The summed E-state index contributed by atoms with van der Waals surface area (Å²) in [7, 11) is 0. The largest absolute Gasteiger partial charge is 0.490 e. The first kappa shape index (κ1) is 20.8. The molecule has 2 aromatic heterocycles. The van der Waals surface area contributed by atoms with Gasteiger partial charge in [0, 0.05) is 17.7 Å². The molecule has 0 bridgehead atoms. The van der Waals surface area contributed by atoms with Crippen LogP contribution in [0.5, 0.6) is 5.75 Å². The highest BCUT2D eigenvalue weighted by atomic mass is 32.2. The van der Waals surface area contributed by atoms with Crippen LogP contribution < -0.4 is 9.54 Å². The number of hydrogen-bond donors (Lipinski definition) is 0. The molecule has 0 spiro atoms. The van der Waals surface area contributed by atoms with E-state index in [0.717, 1.165) is 34.3 Å². The van der Waals surface area contributed by atoms with Gasteiger partial charge in [-0.15, -0.1) is 0 Å². The smallest absolute Gasteiger partial charge is 0.315 e. The Bertz CT molecular complexity index is 1270. The van der Waals surface area contributed by atoms with E-state index in [2.05, 4.69) is 40.9 Å². The van der Waals surface area contributed by atoms with Gasteiger partial charge in [0.25, 0.3) is 0 Å². The zero-order valence-corrected chi connectivity index (χ0v) is 18.9. The Kier molecular flexibility index (Phi) is 6.29. The predicted molar refractivity (Wildman–Crippen MR) is 125 cm³/mol. The van der Waals surface area contributed by atoms with Crippen molar-refractivity contribution in [2.45, 2.75) is 26.8 Å². The number of furan rings is 1. The summed E-state index contributed by atoms with van der Waals surface area (Å²) in [6, 6.07) is 13.8. The number of amides is 1. The third-order valence-corrected chi connectivity index (χ3v) is 6.52. The maximum Gasteiger partial charge on any atom is 0.315 e. The van der Waals surface area contributed by atoms with Gasteiger partial charge in [-0.2, -0.15) is 16.8 Å². The number of nitrogens with zero attached hydrogens (tertiary/aromatic N) is 2. The van der Waals surface area contributed by atoms with Gasteiger partial charge in [0.2, 0.25) is 0 Å². The maximum absolute atomic E-state index is 13.0. The van der Waals surface area contributed by atoms with Crippen LogP contribution in [0.15, 0.2) is 51.9 Å². The Labute approximate surface area is 183 Å². The third-order valence-electron chi connectivity index (χ3n) is 4.89.